The maximum Gasteiger partial charge on any atom is 0.228 e. The van der Waals surface area contributed by atoms with E-state index in [1.165, 1.54) is 16.8 Å². The Hall–Kier alpha value is -3.60. The molecular formula is C24H23N5. The number of anilines is 3. The summed E-state index contributed by atoms with van der Waals surface area (Å²) < 4.78 is 0. The second-order valence-electron chi connectivity index (χ2n) is 7.23. The molecule has 0 atom stereocenters. The van der Waals surface area contributed by atoms with Gasteiger partial charge in [0.1, 0.15) is 5.82 Å². The fraction of sp³-hybridized carbons (Fsp3) is 0.167. The van der Waals surface area contributed by atoms with Gasteiger partial charge in [0.05, 0.1) is 5.52 Å². The summed E-state index contributed by atoms with van der Waals surface area (Å²) in [6.07, 6.45) is 0. The maximum absolute atomic E-state index is 4.93. The zero-order valence-corrected chi connectivity index (χ0v) is 16.2. The molecule has 0 aliphatic carbocycles. The van der Waals surface area contributed by atoms with Gasteiger partial charge in [0.25, 0.3) is 0 Å². The number of hydrogen-bond acceptors (Lipinski definition) is 5. The fourth-order valence-electron chi connectivity index (χ4n) is 3.73. The molecule has 0 fully saturated rings. The Kier molecular flexibility index (Phi) is 4.70. The molecule has 0 saturated carbocycles. The zero-order valence-electron chi connectivity index (χ0n) is 16.2. The largest absolute Gasteiger partial charge is 0.383 e. The summed E-state index contributed by atoms with van der Waals surface area (Å²) in [5.41, 5.74) is 4.64. The minimum Gasteiger partial charge on any atom is -0.383 e. The second-order valence-corrected chi connectivity index (χ2v) is 7.23. The van der Waals surface area contributed by atoms with E-state index in [4.69, 9.17) is 9.97 Å². The van der Waals surface area contributed by atoms with Gasteiger partial charge in [-0.15, -0.1) is 0 Å². The number of rotatable bonds is 4. The lowest BCUT2D eigenvalue weighted by Gasteiger charge is -2.22. The molecule has 0 spiro atoms. The first-order chi connectivity index (χ1) is 14.4. The monoisotopic (exact) mass is 381 g/mol. The van der Waals surface area contributed by atoms with Gasteiger partial charge in [-0.3, -0.25) is 0 Å². The van der Waals surface area contributed by atoms with Crippen molar-refractivity contribution in [3.8, 4) is 0 Å². The normalized spacial score (nSPS) is 13.4. The molecular weight excluding hydrogens is 358 g/mol. The number of nitrogens with zero attached hydrogens (tertiary/aromatic N) is 3. The molecule has 5 rings (SSSR count). The molecule has 1 aliphatic heterocycles. The molecule has 5 heteroatoms. The first-order valence-corrected chi connectivity index (χ1v) is 9.98. The van der Waals surface area contributed by atoms with Crippen molar-refractivity contribution < 1.29 is 0 Å². The van der Waals surface area contributed by atoms with Crippen LogP contribution in [-0.4, -0.2) is 23.1 Å². The van der Waals surface area contributed by atoms with Gasteiger partial charge >= 0.3 is 0 Å². The molecule has 3 aromatic carbocycles. The Balaban J connectivity index is 1.49. The number of para-hydroxylation sites is 2. The minimum atomic E-state index is 0.728. The lowest BCUT2D eigenvalue weighted by Crippen LogP contribution is -2.27. The van der Waals surface area contributed by atoms with Crippen molar-refractivity contribution in [3.63, 3.8) is 0 Å². The lowest BCUT2D eigenvalue weighted by atomic mass is 10.2. The van der Waals surface area contributed by atoms with Gasteiger partial charge in [0, 0.05) is 37.3 Å². The van der Waals surface area contributed by atoms with Gasteiger partial charge in [0.2, 0.25) is 5.95 Å². The van der Waals surface area contributed by atoms with Gasteiger partial charge in [-0.05, 0) is 29.3 Å². The predicted molar refractivity (Wildman–Crippen MR) is 119 cm³/mol. The first-order valence-electron chi connectivity index (χ1n) is 9.98. The van der Waals surface area contributed by atoms with Crippen molar-refractivity contribution in [3.05, 3.63) is 90.0 Å². The van der Waals surface area contributed by atoms with Crippen LogP contribution in [0.1, 0.15) is 11.1 Å². The van der Waals surface area contributed by atoms with Crippen LogP contribution in [0.2, 0.25) is 0 Å². The third-order valence-electron chi connectivity index (χ3n) is 5.25. The van der Waals surface area contributed by atoms with E-state index in [1.54, 1.807) is 0 Å². The summed E-state index contributed by atoms with van der Waals surface area (Å²) in [7, 11) is 0. The van der Waals surface area contributed by atoms with Crippen molar-refractivity contribution in [1.29, 1.82) is 0 Å². The average molecular weight is 381 g/mol. The Morgan fingerprint density at radius 1 is 0.862 bits per heavy atom. The molecule has 0 radical (unpaired) electrons. The minimum absolute atomic E-state index is 0.728. The SMILES string of the molecule is c1ccc(CNc2nc(N3CCNc4ccccc4C3)nc3ccccc23)cc1. The van der Waals surface area contributed by atoms with Gasteiger partial charge in [0.15, 0.2) is 0 Å². The standard InChI is InChI=1S/C24H23N5/c1-2-8-18(9-3-1)16-26-23-20-11-5-7-13-22(20)27-24(28-23)29-15-14-25-21-12-6-4-10-19(21)17-29/h1-13,25H,14-17H2,(H,26,27,28). The third kappa shape index (κ3) is 3.72. The van der Waals surface area contributed by atoms with E-state index in [-0.39, 0.29) is 0 Å². The second kappa shape index (κ2) is 7.80. The van der Waals surface area contributed by atoms with Crippen molar-refractivity contribution in [2.75, 3.05) is 28.6 Å². The van der Waals surface area contributed by atoms with E-state index >= 15 is 0 Å². The van der Waals surface area contributed by atoms with Gasteiger partial charge < -0.3 is 15.5 Å². The van der Waals surface area contributed by atoms with Gasteiger partial charge in [-0.2, -0.15) is 4.98 Å². The van der Waals surface area contributed by atoms with E-state index < -0.39 is 0 Å². The summed E-state index contributed by atoms with van der Waals surface area (Å²) in [4.78, 5) is 12.1. The van der Waals surface area contributed by atoms with Crippen LogP contribution in [-0.2, 0) is 13.1 Å². The molecule has 0 saturated heterocycles. The van der Waals surface area contributed by atoms with Gasteiger partial charge in [-0.25, -0.2) is 4.98 Å². The van der Waals surface area contributed by atoms with Crippen molar-refractivity contribution in [1.82, 2.24) is 9.97 Å². The average Bonchev–Trinajstić information content (AvgIpc) is 3.00. The van der Waals surface area contributed by atoms with Crippen LogP contribution >= 0.6 is 0 Å². The summed E-state index contributed by atoms with van der Waals surface area (Å²) in [5, 5.41) is 8.08. The van der Waals surface area contributed by atoms with E-state index in [1.807, 2.05) is 18.2 Å². The number of hydrogen-bond donors (Lipinski definition) is 2. The van der Waals surface area contributed by atoms with E-state index in [0.29, 0.717) is 0 Å². The molecule has 2 heterocycles. The molecule has 1 aliphatic rings. The number of aromatic nitrogens is 2. The zero-order chi connectivity index (χ0) is 19.5. The Bertz CT molecular complexity index is 1130. The lowest BCUT2D eigenvalue weighted by molar-refractivity contribution is 0.793. The van der Waals surface area contributed by atoms with Crippen LogP contribution in [0.3, 0.4) is 0 Å². The molecule has 1 aromatic heterocycles. The van der Waals surface area contributed by atoms with E-state index in [0.717, 1.165) is 48.8 Å². The highest BCUT2D eigenvalue weighted by Crippen LogP contribution is 2.27. The molecule has 2 N–H and O–H groups in total. The van der Waals surface area contributed by atoms with Crippen molar-refractivity contribution in [2.45, 2.75) is 13.1 Å². The number of fused-ring (bicyclic) bond motifs is 2. The van der Waals surface area contributed by atoms with Crippen molar-refractivity contribution in [2.24, 2.45) is 0 Å². The smallest absolute Gasteiger partial charge is 0.228 e. The summed E-state index contributed by atoms with van der Waals surface area (Å²) in [6.45, 7) is 3.23. The van der Waals surface area contributed by atoms with Crippen LogP contribution in [0.5, 0.6) is 0 Å². The molecule has 5 nitrogen and oxygen atoms in total. The van der Waals surface area contributed by atoms with Crippen LogP contribution in [0, 0.1) is 0 Å². The Morgan fingerprint density at radius 2 is 1.66 bits per heavy atom. The molecule has 29 heavy (non-hydrogen) atoms. The van der Waals surface area contributed by atoms with Gasteiger partial charge in [-0.1, -0.05) is 60.7 Å². The number of benzene rings is 3. The number of nitrogens with one attached hydrogen (secondary N) is 2. The third-order valence-corrected chi connectivity index (χ3v) is 5.25. The molecule has 4 aromatic rings. The molecule has 0 amide bonds. The van der Waals surface area contributed by atoms with Crippen LogP contribution in [0.4, 0.5) is 17.5 Å². The van der Waals surface area contributed by atoms with E-state index in [2.05, 4.69) is 76.2 Å². The topological polar surface area (TPSA) is 53.1 Å². The Morgan fingerprint density at radius 3 is 2.59 bits per heavy atom. The highest BCUT2D eigenvalue weighted by Gasteiger charge is 2.18. The van der Waals surface area contributed by atoms with E-state index in [9.17, 15) is 0 Å². The van der Waals surface area contributed by atoms with Crippen molar-refractivity contribution >= 4 is 28.4 Å². The van der Waals surface area contributed by atoms with Crippen LogP contribution in [0.15, 0.2) is 78.9 Å². The highest BCUT2D eigenvalue weighted by molar-refractivity contribution is 5.90. The quantitative estimate of drug-likeness (QED) is 0.538. The molecule has 144 valence electrons. The van der Waals surface area contributed by atoms with Crippen LogP contribution < -0.4 is 15.5 Å². The summed E-state index contributed by atoms with van der Waals surface area (Å²) >= 11 is 0. The summed E-state index contributed by atoms with van der Waals surface area (Å²) in [6, 6.07) is 27.0. The fourth-order valence-corrected chi connectivity index (χ4v) is 3.73. The summed E-state index contributed by atoms with van der Waals surface area (Å²) in [5.74, 6) is 1.64. The first kappa shape index (κ1) is 17.5. The van der Waals surface area contributed by atoms with Crippen LogP contribution in [0.25, 0.3) is 10.9 Å². The predicted octanol–water partition coefficient (Wildman–Crippen LogP) is 4.67. The molecule has 0 unspecified atom stereocenters. The highest BCUT2D eigenvalue weighted by atomic mass is 15.3. The Labute approximate surface area is 170 Å². The maximum atomic E-state index is 4.93. The molecule has 0 bridgehead atoms.